The van der Waals surface area contributed by atoms with Gasteiger partial charge in [-0.1, -0.05) is 17.3 Å². The van der Waals surface area contributed by atoms with Gasteiger partial charge >= 0.3 is 0 Å². The van der Waals surface area contributed by atoms with Gasteiger partial charge in [0.05, 0.1) is 19.1 Å². The number of furan rings is 1. The van der Waals surface area contributed by atoms with Crippen molar-refractivity contribution >= 4 is 5.91 Å². The van der Waals surface area contributed by atoms with Crippen LogP contribution in [0.4, 0.5) is 0 Å². The number of carbonyl (C=O) groups is 1. The second-order valence-corrected chi connectivity index (χ2v) is 4.98. The molecule has 0 saturated carbocycles. The van der Waals surface area contributed by atoms with E-state index in [1.807, 2.05) is 24.3 Å². The first-order valence-corrected chi connectivity index (χ1v) is 7.10. The lowest BCUT2D eigenvalue weighted by molar-refractivity contribution is 0.0950. The summed E-state index contributed by atoms with van der Waals surface area (Å²) in [5, 5.41) is 6.72. The summed E-state index contributed by atoms with van der Waals surface area (Å²) in [5.41, 5.74) is 1.87. The number of carbonyl (C=O) groups excluding carboxylic acids is 1. The monoisotopic (exact) mass is 312 g/mol. The van der Waals surface area contributed by atoms with Crippen LogP contribution in [0.15, 0.2) is 51.6 Å². The number of aromatic nitrogens is 1. The summed E-state index contributed by atoms with van der Waals surface area (Å²) in [6.07, 6.45) is 1.52. The van der Waals surface area contributed by atoms with E-state index in [1.165, 1.54) is 6.26 Å². The van der Waals surface area contributed by atoms with E-state index in [0.29, 0.717) is 29.3 Å². The summed E-state index contributed by atoms with van der Waals surface area (Å²) >= 11 is 0. The Hall–Kier alpha value is -3.02. The Balaban J connectivity index is 1.74. The zero-order chi connectivity index (χ0) is 16.2. The van der Waals surface area contributed by atoms with Gasteiger partial charge in [-0.3, -0.25) is 4.79 Å². The van der Waals surface area contributed by atoms with Crippen LogP contribution in [0.25, 0.3) is 11.5 Å². The Morgan fingerprint density at radius 1 is 1.26 bits per heavy atom. The van der Waals surface area contributed by atoms with Crippen LogP contribution >= 0.6 is 0 Å². The fourth-order valence-corrected chi connectivity index (χ4v) is 2.23. The molecular formula is C17H16N2O4. The molecule has 1 aromatic carbocycles. The quantitative estimate of drug-likeness (QED) is 0.783. The van der Waals surface area contributed by atoms with Crippen LogP contribution in [0, 0.1) is 6.92 Å². The number of nitrogens with one attached hydrogen (secondary N) is 1. The maximum atomic E-state index is 12.5. The topological polar surface area (TPSA) is 77.5 Å². The Labute approximate surface area is 133 Å². The maximum absolute atomic E-state index is 12.5. The number of methoxy groups -OCH3 is 1. The molecule has 2 aromatic heterocycles. The van der Waals surface area contributed by atoms with Gasteiger partial charge in [-0.2, -0.15) is 0 Å². The summed E-state index contributed by atoms with van der Waals surface area (Å²) in [6, 6.07) is 10.9. The van der Waals surface area contributed by atoms with Crippen molar-refractivity contribution < 1.29 is 18.5 Å². The van der Waals surface area contributed by atoms with Crippen molar-refractivity contribution in [1.29, 1.82) is 0 Å². The van der Waals surface area contributed by atoms with Crippen molar-refractivity contribution in [2.24, 2.45) is 0 Å². The van der Waals surface area contributed by atoms with E-state index >= 15 is 0 Å². The van der Waals surface area contributed by atoms with Crippen molar-refractivity contribution in [2.75, 3.05) is 7.11 Å². The fourth-order valence-electron chi connectivity index (χ4n) is 2.23. The molecule has 2 heterocycles. The highest BCUT2D eigenvalue weighted by Crippen LogP contribution is 2.26. The summed E-state index contributed by atoms with van der Waals surface area (Å²) in [4.78, 5) is 12.5. The summed E-state index contributed by atoms with van der Waals surface area (Å²) in [7, 11) is 1.61. The van der Waals surface area contributed by atoms with Crippen LogP contribution in [-0.4, -0.2) is 18.2 Å². The highest BCUT2D eigenvalue weighted by atomic mass is 16.5. The van der Waals surface area contributed by atoms with E-state index in [0.717, 1.165) is 11.3 Å². The predicted molar refractivity (Wildman–Crippen MR) is 83.1 cm³/mol. The van der Waals surface area contributed by atoms with E-state index in [4.69, 9.17) is 13.7 Å². The lowest BCUT2D eigenvalue weighted by Gasteiger charge is -2.06. The normalized spacial score (nSPS) is 10.5. The lowest BCUT2D eigenvalue weighted by Crippen LogP contribution is -2.23. The average Bonchev–Trinajstić information content (AvgIpc) is 3.22. The van der Waals surface area contributed by atoms with Crippen molar-refractivity contribution in [3.05, 3.63) is 59.5 Å². The van der Waals surface area contributed by atoms with Gasteiger partial charge in [0.15, 0.2) is 5.76 Å². The zero-order valence-corrected chi connectivity index (χ0v) is 12.8. The van der Waals surface area contributed by atoms with E-state index in [1.54, 1.807) is 26.2 Å². The first-order chi connectivity index (χ1) is 11.2. The number of hydrogen-bond donors (Lipinski definition) is 1. The summed E-state index contributed by atoms with van der Waals surface area (Å²) in [6.45, 7) is 2.11. The van der Waals surface area contributed by atoms with Crippen LogP contribution < -0.4 is 10.1 Å². The van der Waals surface area contributed by atoms with Crippen molar-refractivity contribution in [3.8, 4) is 17.3 Å². The molecule has 6 nitrogen and oxygen atoms in total. The smallest absolute Gasteiger partial charge is 0.257 e. The number of nitrogens with zero attached hydrogens (tertiary/aromatic N) is 1. The molecule has 0 atom stereocenters. The minimum absolute atomic E-state index is 0.258. The number of rotatable bonds is 5. The highest BCUT2D eigenvalue weighted by Gasteiger charge is 2.23. The van der Waals surface area contributed by atoms with Crippen LogP contribution in [0.5, 0.6) is 5.75 Å². The van der Waals surface area contributed by atoms with E-state index in [-0.39, 0.29) is 5.91 Å². The first-order valence-electron chi connectivity index (χ1n) is 7.10. The van der Waals surface area contributed by atoms with Crippen LogP contribution in [0.2, 0.25) is 0 Å². The second-order valence-electron chi connectivity index (χ2n) is 4.98. The second kappa shape index (κ2) is 6.39. The zero-order valence-electron chi connectivity index (χ0n) is 12.8. The van der Waals surface area contributed by atoms with Gasteiger partial charge in [0.2, 0.25) is 5.76 Å². The molecule has 0 unspecified atom stereocenters. The third-order valence-corrected chi connectivity index (χ3v) is 3.45. The predicted octanol–water partition coefficient (Wildman–Crippen LogP) is 3.18. The van der Waals surface area contributed by atoms with Gasteiger partial charge in [-0.05, 0) is 36.8 Å². The van der Waals surface area contributed by atoms with Crippen LogP contribution in [0.1, 0.15) is 21.6 Å². The van der Waals surface area contributed by atoms with E-state index < -0.39 is 0 Å². The van der Waals surface area contributed by atoms with Crippen molar-refractivity contribution in [3.63, 3.8) is 0 Å². The third-order valence-electron chi connectivity index (χ3n) is 3.45. The number of benzene rings is 1. The van der Waals surface area contributed by atoms with Gasteiger partial charge in [0.25, 0.3) is 5.91 Å². The SMILES string of the molecule is COc1ccc(CNC(=O)c2c(C)noc2-c2ccco2)cc1. The molecule has 1 N–H and O–H groups in total. The molecule has 3 rings (SSSR count). The molecule has 118 valence electrons. The molecular weight excluding hydrogens is 296 g/mol. The molecule has 0 spiro atoms. The molecule has 0 aliphatic heterocycles. The van der Waals surface area contributed by atoms with Gasteiger partial charge in [0, 0.05) is 6.54 Å². The van der Waals surface area contributed by atoms with E-state index in [9.17, 15) is 4.79 Å². The van der Waals surface area contributed by atoms with Crippen molar-refractivity contribution in [1.82, 2.24) is 10.5 Å². The Morgan fingerprint density at radius 2 is 2.04 bits per heavy atom. The minimum Gasteiger partial charge on any atom is -0.497 e. The van der Waals surface area contributed by atoms with Crippen LogP contribution in [0.3, 0.4) is 0 Å². The molecule has 1 amide bonds. The third kappa shape index (κ3) is 3.11. The fraction of sp³-hybridized carbons (Fsp3) is 0.176. The Morgan fingerprint density at radius 3 is 2.70 bits per heavy atom. The molecule has 0 aliphatic rings. The number of hydrogen-bond acceptors (Lipinski definition) is 5. The number of aryl methyl sites for hydroxylation is 1. The summed E-state index contributed by atoms with van der Waals surface area (Å²) < 4.78 is 15.6. The van der Waals surface area contributed by atoms with Crippen LogP contribution in [-0.2, 0) is 6.54 Å². The molecule has 6 heteroatoms. The molecule has 0 bridgehead atoms. The Bertz CT molecular complexity index is 789. The molecule has 0 radical (unpaired) electrons. The lowest BCUT2D eigenvalue weighted by atomic mass is 10.1. The maximum Gasteiger partial charge on any atom is 0.257 e. The minimum atomic E-state index is -0.258. The Kier molecular flexibility index (Phi) is 4.14. The molecule has 0 aliphatic carbocycles. The summed E-state index contributed by atoms with van der Waals surface area (Å²) in [5.74, 6) is 1.32. The van der Waals surface area contributed by atoms with Gasteiger partial charge in [0.1, 0.15) is 11.3 Å². The standard InChI is InChI=1S/C17H16N2O4/c1-11-15(16(23-19-11)14-4-3-9-22-14)17(20)18-10-12-5-7-13(21-2)8-6-12/h3-9H,10H2,1-2H3,(H,18,20). The van der Waals surface area contributed by atoms with Gasteiger partial charge < -0.3 is 19.0 Å². The van der Waals surface area contributed by atoms with Crippen molar-refractivity contribution in [2.45, 2.75) is 13.5 Å². The average molecular weight is 312 g/mol. The van der Waals surface area contributed by atoms with Gasteiger partial charge in [-0.15, -0.1) is 0 Å². The number of ether oxygens (including phenoxy) is 1. The van der Waals surface area contributed by atoms with Gasteiger partial charge in [-0.25, -0.2) is 0 Å². The van der Waals surface area contributed by atoms with E-state index in [2.05, 4.69) is 10.5 Å². The molecule has 0 fully saturated rings. The first kappa shape index (κ1) is 14.9. The highest BCUT2D eigenvalue weighted by molar-refractivity contribution is 6.00. The molecule has 3 aromatic rings. The number of amides is 1. The molecule has 0 saturated heterocycles. The largest absolute Gasteiger partial charge is 0.497 e. The molecule has 23 heavy (non-hydrogen) atoms.